The normalized spacial score (nSPS) is 16.4. The van der Waals surface area contributed by atoms with E-state index in [1.54, 1.807) is 23.1 Å². The lowest BCUT2D eigenvalue weighted by molar-refractivity contribution is -0.131. The minimum atomic E-state index is -0.409. The highest BCUT2D eigenvalue weighted by molar-refractivity contribution is 9.10. The van der Waals surface area contributed by atoms with Crippen molar-refractivity contribution in [2.45, 2.75) is 13.8 Å². The van der Waals surface area contributed by atoms with Crippen LogP contribution in [0.15, 0.2) is 40.9 Å². The lowest BCUT2D eigenvalue weighted by Gasteiger charge is -2.37. The molecule has 4 rings (SSSR count). The Bertz CT molecular complexity index is 1010. The van der Waals surface area contributed by atoms with E-state index >= 15 is 0 Å². The number of hydrogen-bond acceptors (Lipinski definition) is 4. The first-order valence-corrected chi connectivity index (χ1v) is 10.4. The summed E-state index contributed by atoms with van der Waals surface area (Å²) in [6.45, 7) is 6.59. The zero-order valence-electron chi connectivity index (χ0n) is 16.4. The molecule has 2 aromatic carbocycles. The van der Waals surface area contributed by atoms with Crippen molar-refractivity contribution < 1.29 is 14.4 Å². The molecule has 0 aliphatic carbocycles. The van der Waals surface area contributed by atoms with Crippen molar-refractivity contribution in [1.29, 1.82) is 0 Å². The van der Waals surface area contributed by atoms with Gasteiger partial charge in [-0.2, -0.15) is 0 Å². The number of imide groups is 1. The number of nitrogens with zero attached hydrogens (tertiary/aromatic N) is 3. The van der Waals surface area contributed by atoms with Crippen molar-refractivity contribution in [3.63, 3.8) is 0 Å². The second kappa shape index (κ2) is 7.63. The largest absolute Gasteiger partial charge is 0.368 e. The fourth-order valence-corrected chi connectivity index (χ4v) is 4.28. The summed E-state index contributed by atoms with van der Waals surface area (Å²) in [4.78, 5) is 43.0. The Morgan fingerprint density at radius 1 is 0.966 bits per heavy atom. The van der Waals surface area contributed by atoms with E-state index in [-0.39, 0.29) is 12.5 Å². The zero-order chi connectivity index (χ0) is 20.7. The van der Waals surface area contributed by atoms with Crippen LogP contribution in [0.2, 0.25) is 0 Å². The van der Waals surface area contributed by atoms with E-state index in [4.69, 9.17) is 0 Å². The van der Waals surface area contributed by atoms with Crippen LogP contribution >= 0.6 is 15.9 Å². The summed E-state index contributed by atoms with van der Waals surface area (Å²) >= 11 is 3.32. The predicted molar refractivity (Wildman–Crippen MR) is 114 cm³/mol. The van der Waals surface area contributed by atoms with Crippen LogP contribution in [0.25, 0.3) is 0 Å². The molecule has 2 aliphatic heterocycles. The van der Waals surface area contributed by atoms with Crippen molar-refractivity contribution >= 4 is 39.3 Å². The van der Waals surface area contributed by atoms with Gasteiger partial charge in [-0.1, -0.05) is 28.1 Å². The van der Waals surface area contributed by atoms with Crippen LogP contribution in [0.5, 0.6) is 0 Å². The molecule has 150 valence electrons. The summed E-state index contributed by atoms with van der Waals surface area (Å²) in [5, 5.41) is 0. The quantitative estimate of drug-likeness (QED) is 0.667. The van der Waals surface area contributed by atoms with Crippen molar-refractivity contribution in [1.82, 2.24) is 9.80 Å². The molecule has 2 aromatic rings. The Kier molecular flexibility index (Phi) is 5.17. The van der Waals surface area contributed by atoms with Gasteiger partial charge < -0.3 is 9.80 Å². The molecule has 0 spiro atoms. The highest BCUT2D eigenvalue weighted by atomic mass is 79.9. The van der Waals surface area contributed by atoms with E-state index in [0.29, 0.717) is 24.2 Å². The first kappa shape index (κ1) is 19.6. The summed E-state index contributed by atoms with van der Waals surface area (Å²) in [5.41, 5.74) is 4.40. The van der Waals surface area contributed by atoms with E-state index in [0.717, 1.165) is 22.5 Å². The van der Waals surface area contributed by atoms with Crippen LogP contribution in [-0.4, -0.2) is 60.2 Å². The SMILES string of the molecule is Cc1cccc(N2CCN(C(=O)CN3C(=O)c4ccc(Br)cc4C3=O)CC2)c1C. The Balaban J connectivity index is 1.40. The molecule has 0 saturated carbocycles. The minimum absolute atomic E-state index is 0.195. The topological polar surface area (TPSA) is 60.9 Å². The molecule has 3 amide bonds. The van der Waals surface area contributed by atoms with Gasteiger partial charge in [0.2, 0.25) is 5.91 Å². The van der Waals surface area contributed by atoms with Crippen molar-refractivity contribution in [2.75, 3.05) is 37.6 Å². The van der Waals surface area contributed by atoms with Crippen LogP contribution in [0.1, 0.15) is 31.8 Å². The van der Waals surface area contributed by atoms with Gasteiger partial charge in [-0.25, -0.2) is 0 Å². The maximum Gasteiger partial charge on any atom is 0.262 e. The van der Waals surface area contributed by atoms with Gasteiger partial charge in [0.05, 0.1) is 11.1 Å². The van der Waals surface area contributed by atoms with Crippen molar-refractivity contribution in [2.24, 2.45) is 0 Å². The van der Waals surface area contributed by atoms with Gasteiger partial charge in [0.15, 0.2) is 0 Å². The molecule has 0 unspecified atom stereocenters. The zero-order valence-corrected chi connectivity index (χ0v) is 18.0. The third-order valence-corrected chi connectivity index (χ3v) is 6.27. The number of carbonyl (C=O) groups excluding carboxylic acids is 3. The van der Waals surface area contributed by atoms with Crippen molar-refractivity contribution in [3.05, 3.63) is 63.1 Å². The van der Waals surface area contributed by atoms with E-state index < -0.39 is 11.8 Å². The predicted octanol–water partition coefficient (Wildman–Crippen LogP) is 3.01. The fraction of sp³-hybridized carbons (Fsp3) is 0.318. The van der Waals surface area contributed by atoms with Crippen LogP contribution in [-0.2, 0) is 4.79 Å². The first-order chi connectivity index (χ1) is 13.9. The molecule has 6 nitrogen and oxygen atoms in total. The molecule has 2 heterocycles. The van der Waals surface area contributed by atoms with E-state index in [2.05, 4.69) is 52.9 Å². The Labute approximate surface area is 178 Å². The summed E-state index contributed by atoms with van der Waals surface area (Å²) in [6, 6.07) is 11.2. The van der Waals surface area contributed by atoms with Crippen LogP contribution in [0.4, 0.5) is 5.69 Å². The van der Waals surface area contributed by atoms with Gasteiger partial charge in [-0.15, -0.1) is 0 Å². The Morgan fingerprint density at radius 3 is 2.38 bits per heavy atom. The second-order valence-electron chi connectivity index (χ2n) is 7.47. The molecule has 1 fully saturated rings. The van der Waals surface area contributed by atoms with E-state index in [9.17, 15) is 14.4 Å². The number of halogens is 1. The summed E-state index contributed by atoms with van der Waals surface area (Å²) in [6.07, 6.45) is 0. The van der Waals surface area contributed by atoms with Crippen LogP contribution in [0, 0.1) is 13.8 Å². The number of piperazine rings is 1. The number of rotatable bonds is 3. The molecule has 7 heteroatoms. The smallest absolute Gasteiger partial charge is 0.262 e. The average Bonchev–Trinajstić information content (AvgIpc) is 2.94. The number of anilines is 1. The maximum absolute atomic E-state index is 12.8. The highest BCUT2D eigenvalue weighted by Gasteiger charge is 2.37. The average molecular weight is 456 g/mol. The van der Waals surface area contributed by atoms with Gasteiger partial charge >= 0.3 is 0 Å². The molecule has 0 N–H and O–H groups in total. The Hall–Kier alpha value is -2.67. The van der Waals surface area contributed by atoms with E-state index in [1.807, 2.05) is 0 Å². The summed E-state index contributed by atoms with van der Waals surface area (Å²) in [5.74, 6) is -1.01. The number of benzene rings is 2. The van der Waals surface area contributed by atoms with Crippen LogP contribution < -0.4 is 4.90 Å². The van der Waals surface area contributed by atoms with Gasteiger partial charge in [0, 0.05) is 36.3 Å². The molecule has 1 saturated heterocycles. The lowest BCUT2D eigenvalue weighted by Crippen LogP contribution is -2.52. The monoisotopic (exact) mass is 455 g/mol. The molecule has 0 aromatic heterocycles. The second-order valence-corrected chi connectivity index (χ2v) is 8.39. The first-order valence-electron chi connectivity index (χ1n) is 9.61. The molecule has 0 bridgehead atoms. The third kappa shape index (κ3) is 3.55. The standard InChI is InChI=1S/C22H22BrN3O3/c1-14-4-3-5-19(15(14)2)24-8-10-25(11-9-24)20(27)13-26-21(28)17-7-6-16(23)12-18(17)22(26)29/h3-7,12H,8-11,13H2,1-2H3. The van der Waals surface area contributed by atoms with E-state index in [1.165, 1.54) is 16.8 Å². The summed E-state index contributed by atoms with van der Waals surface area (Å²) < 4.78 is 0.730. The van der Waals surface area contributed by atoms with Gasteiger partial charge in [-0.05, 0) is 49.2 Å². The molecular formula is C22H22BrN3O3. The number of amides is 3. The maximum atomic E-state index is 12.8. The fourth-order valence-electron chi connectivity index (χ4n) is 3.92. The summed E-state index contributed by atoms with van der Waals surface area (Å²) in [7, 11) is 0. The number of hydrogen-bond donors (Lipinski definition) is 0. The van der Waals surface area contributed by atoms with Crippen LogP contribution in [0.3, 0.4) is 0 Å². The Morgan fingerprint density at radius 2 is 1.66 bits per heavy atom. The van der Waals surface area contributed by atoms with Gasteiger partial charge in [0.1, 0.15) is 6.54 Å². The van der Waals surface area contributed by atoms with Gasteiger partial charge in [0.25, 0.3) is 11.8 Å². The molecule has 0 atom stereocenters. The molecule has 0 radical (unpaired) electrons. The third-order valence-electron chi connectivity index (χ3n) is 5.78. The number of aryl methyl sites for hydroxylation is 1. The number of carbonyl (C=O) groups is 3. The van der Waals surface area contributed by atoms with Gasteiger partial charge in [-0.3, -0.25) is 19.3 Å². The lowest BCUT2D eigenvalue weighted by atomic mass is 10.1. The molecular weight excluding hydrogens is 434 g/mol. The molecule has 2 aliphatic rings. The number of fused-ring (bicyclic) bond motifs is 1. The van der Waals surface area contributed by atoms with Crippen molar-refractivity contribution in [3.8, 4) is 0 Å². The highest BCUT2D eigenvalue weighted by Crippen LogP contribution is 2.27. The molecule has 29 heavy (non-hydrogen) atoms. The minimum Gasteiger partial charge on any atom is -0.368 e.